The second-order valence-corrected chi connectivity index (χ2v) is 2.71. The molecule has 36 valence electrons. The molecule has 0 atom stereocenters. The summed E-state index contributed by atoms with van der Waals surface area (Å²) in [7, 11) is 0. The zero-order chi connectivity index (χ0) is 4.99. The molecule has 0 aliphatic carbocycles. The molecule has 0 nitrogen and oxygen atoms in total. The predicted molar refractivity (Wildman–Crippen MR) is 35.6 cm³/mol. The van der Waals surface area contributed by atoms with Gasteiger partial charge in [-0.1, -0.05) is 26.5 Å². The van der Waals surface area contributed by atoms with Crippen LogP contribution in [0, 0.1) is 0 Å². The van der Waals surface area contributed by atoms with Gasteiger partial charge in [-0.3, -0.25) is 0 Å². The van der Waals surface area contributed by atoms with Gasteiger partial charge in [0.2, 0.25) is 5.54 Å². The topological polar surface area (TPSA) is 0 Å². The summed E-state index contributed by atoms with van der Waals surface area (Å²) in [4.78, 5) is 0. The molecule has 0 fully saturated rings. The van der Waals surface area contributed by atoms with Crippen LogP contribution >= 0.6 is 15.8 Å². The van der Waals surface area contributed by atoms with E-state index in [1.54, 1.807) is 0 Å². The Balaban J connectivity index is 2.75. The lowest BCUT2D eigenvalue weighted by Gasteiger charge is -1.90. The average Bonchev–Trinajstić information content (AvgIpc) is 1.65. The first-order valence-corrected chi connectivity index (χ1v) is 3.36. The largest absolute Gasteiger partial charge is 0.222 e. The van der Waals surface area contributed by atoms with Crippen LogP contribution in [0.2, 0.25) is 12.6 Å². The molecular weight excluding hydrogens is 139 g/mol. The number of hydrogen-bond acceptors (Lipinski definition) is 0. The van der Waals surface area contributed by atoms with Gasteiger partial charge in [-0.05, 0) is 0 Å². The first kappa shape index (κ1) is 6.54. The lowest BCUT2D eigenvalue weighted by atomic mass is 9.72. The van der Waals surface area contributed by atoms with Crippen molar-refractivity contribution < 1.29 is 0 Å². The molecule has 0 radical (unpaired) electrons. The van der Waals surface area contributed by atoms with Crippen molar-refractivity contribution >= 4 is 21.3 Å². The van der Waals surface area contributed by atoms with Crippen LogP contribution in [-0.2, 0) is 0 Å². The molecule has 0 aliphatic heterocycles. The van der Waals surface area contributed by atoms with E-state index in [-0.39, 0.29) is 0 Å². The zero-order valence-corrected chi connectivity index (χ0v) is 5.96. The summed E-state index contributed by atoms with van der Waals surface area (Å²) >= 11 is 3.48. The van der Waals surface area contributed by atoms with Gasteiger partial charge in [0.1, 0.15) is 0 Å². The van der Waals surface area contributed by atoms with Crippen molar-refractivity contribution in [1.29, 1.82) is 0 Å². The molecule has 0 amide bonds. The smallest absolute Gasteiger partial charge is 0.157 e. The standard InChI is InChI=1S/C4H10BBr/c1-3-5(6)4-2/h3-4H2,1-2H3. The summed E-state index contributed by atoms with van der Waals surface area (Å²) in [6.07, 6.45) is 2.49. The molecule has 0 aromatic heterocycles. The van der Waals surface area contributed by atoms with E-state index in [1.807, 2.05) is 0 Å². The van der Waals surface area contributed by atoms with Crippen molar-refractivity contribution in [2.24, 2.45) is 0 Å². The van der Waals surface area contributed by atoms with Gasteiger partial charge in [0.25, 0.3) is 0 Å². The van der Waals surface area contributed by atoms with Gasteiger partial charge in [0.15, 0.2) is 0 Å². The summed E-state index contributed by atoms with van der Waals surface area (Å²) in [5, 5.41) is 0. The highest BCUT2D eigenvalue weighted by molar-refractivity contribution is 9.24. The minimum Gasteiger partial charge on any atom is -0.157 e. The molecule has 0 heterocycles. The third-order valence-corrected chi connectivity index (χ3v) is 2.18. The summed E-state index contributed by atoms with van der Waals surface area (Å²) in [6, 6.07) is 0. The summed E-state index contributed by atoms with van der Waals surface area (Å²) < 4.78 is 0. The van der Waals surface area contributed by atoms with Gasteiger partial charge in [0, 0.05) is 0 Å². The molecular formula is C4H10BBr. The van der Waals surface area contributed by atoms with Gasteiger partial charge in [-0.25, -0.2) is 0 Å². The van der Waals surface area contributed by atoms with E-state index in [0.29, 0.717) is 0 Å². The first-order chi connectivity index (χ1) is 2.81. The molecule has 0 saturated heterocycles. The number of halogens is 1. The van der Waals surface area contributed by atoms with Crippen molar-refractivity contribution in [1.82, 2.24) is 0 Å². The van der Waals surface area contributed by atoms with E-state index < -0.39 is 0 Å². The third kappa shape index (κ3) is 2.76. The molecule has 0 unspecified atom stereocenters. The molecule has 0 aromatic rings. The Labute approximate surface area is 48.4 Å². The van der Waals surface area contributed by atoms with Crippen molar-refractivity contribution in [2.75, 3.05) is 0 Å². The van der Waals surface area contributed by atoms with Gasteiger partial charge < -0.3 is 0 Å². The molecule has 0 N–H and O–H groups in total. The van der Waals surface area contributed by atoms with Crippen molar-refractivity contribution in [3.05, 3.63) is 0 Å². The van der Waals surface area contributed by atoms with Crippen LogP contribution in [0.4, 0.5) is 0 Å². The molecule has 0 spiro atoms. The molecule has 0 aromatic carbocycles. The highest BCUT2D eigenvalue weighted by atomic mass is 79.9. The van der Waals surface area contributed by atoms with Crippen LogP contribution < -0.4 is 0 Å². The summed E-state index contributed by atoms with van der Waals surface area (Å²) in [5.74, 6) is 0. The highest BCUT2D eigenvalue weighted by Crippen LogP contribution is 2.03. The quantitative estimate of drug-likeness (QED) is 0.528. The average molecular weight is 149 g/mol. The molecule has 0 rings (SSSR count). The normalized spacial score (nSPS) is 8.50. The second kappa shape index (κ2) is 3.73. The second-order valence-electron chi connectivity index (χ2n) is 1.41. The van der Waals surface area contributed by atoms with Crippen LogP contribution in [0.1, 0.15) is 13.8 Å². The Morgan fingerprint density at radius 1 is 1.33 bits per heavy atom. The van der Waals surface area contributed by atoms with Gasteiger partial charge in [-0.15, -0.1) is 0 Å². The maximum atomic E-state index is 3.48. The fraction of sp³-hybridized carbons (Fsp3) is 1.00. The summed E-state index contributed by atoms with van der Waals surface area (Å²) in [5.41, 5.74) is 0.748. The molecule has 0 saturated carbocycles. The lowest BCUT2D eigenvalue weighted by molar-refractivity contribution is 1.35. The minimum absolute atomic E-state index is 0.748. The Hall–Kier alpha value is 0.545. The van der Waals surface area contributed by atoms with Crippen LogP contribution in [-0.4, -0.2) is 5.54 Å². The zero-order valence-electron chi connectivity index (χ0n) is 4.37. The van der Waals surface area contributed by atoms with E-state index >= 15 is 0 Å². The third-order valence-electron chi connectivity index (χ3n) is 0.886. The molecule has 2 heteroatoms. The number of rotatable bonds is 2. The van der Waals surface area contributed by atoms with Gasteiger partial charge in [0.05, 0.1) is 0 Å². The Morgan fingerprint density at radius 2 is 1.67 bits per heavy atom. The van der Waals surface area contributed by atoms with Gasteiger partial charge >= 0.3 is 0 Å². The van der Waals surface area contributed by atoms with E-state index in [0.717, 1.165) is 5.54 Å². The van der Waals surface area contributed by atoms with Crippen LogP contribution in [0.3, 0.4) is 0 Å². The fourth-order valence-corrected chi connectivity index (χ4v) is 0.289. The van der Waals surface area contributed by atoms with E-state index in [4.69, 9.17) is 0 Å². The molecule has 6 heavy (non-hydrogen) atoms. The predicted octanol–water partition coefficient (Wildman–Crippen LogP) is 2.41. The fourth-order valence-electron chi connectivity index (χ4n) is 0.289. The van der Waals surface area contributed by atoms with E-state index in [1.165, 1.54) is 12.6 Å². The maximum Gasteiger partial charge on any atom is 0.222 e. The first-order valence-electron chi connectivity index (χ1n) is 2.45. The van der Waals surface area contributed by atoms with Gasteiger partial charge in [-0.2, -0.15) is 15.8 Å². The number of hydrogen-bond donors (Lipinski definition) is 0. The van der Waals surface area contributed by atoms with E-state index in [9.17, 15) is 0 Å². The maximum absolute atomic E-state index is 3.48. The van der Waals surface area contributed by atoms with Crippen molar-refractivity contribution in [3.63, 3.8) is 0 Å². The molecule has 0 aliphatic rings. The minimum atomic E-state index is 0.748. The van der Waals surface area contributed by atoms with Crippen molar-refractivity contribution in [2.45, 2.75) is 26.5 Å². The molecule has 0 bridgehead atoms. The van der Waals surface area contributed by atoms with Crippen LogP contribution in [0.15, 0.2) is 0 Å². The monoisotopic (exact) mass is 148 g/mol. The highest BCUT2D eigenvalue weighted by Gasteiger charge is 1.98. The van der Waals surface area contributed by atoms with Crippen LogP contribution in [0.25, 0.3) is 0 Å². The van der Waals surface area contributed by atoms with Crippen molar-refractivity contribution in [3.8, 4) is 0 Å². The Morgan fingerprint density at radius 3 is 1.67 bits per heavy atom. The van der Waals surface area contributed by atoms with E-state index in [2.05, 4.69) is 29.6 Å². The SMILES string of the molecule is CCB(Br)CC. The lowest BCUT2D eigenvalue weighted by Crippen LogP contribution is -1.94. The Bertz CT molecular complexity index is 26.7. The summed E-state index contributed by atoms with van der Waals surface area (Å²) in [6.45, 7) is 4.37. The Kier molecular flexibility index (Phi) is 4.06. The van der Waals surface area contributed by atoms with Crippen LogP contribution in [0.5, 0.6) is 0 Å².